The van der Waals surface area contributed by atoms with Gasteiger partial charge < -0.3 is 5.32 Å². The van der Waals surface area contributed by atoms with Crippen molar-refractivity contribution in [3.63, 3.8) is 0 Å². The number of hydrogen-bond acceptors (Lipinski definition) is 2. The van der Waals surface area contributed by atoms with Gasteiger partial charge in [0.25, 0.3) is 0 Å². The summed E-state index contributed by atoms with van der Waals surface area (Å²) in [6.07, 6.45) is 9.09. The van der Waals surface area contributed by atoms with Gasteiger partial charge in [-0.25, -0.2) is 0 Å². The third-order valence-corrected chi connectivity index (χ3v) is 1.30. The van der Waals surface area contributed by atoms with Gasteiger partial charge in [-0.2, -0.15) is 0 Å². The molecule has 0 heterocycles. The van der Waals surface area contributed by atoms with Crippen molar-refractivity contribution in [1.29, 1.82) is 0 Å². The Morgan fingerprint density at radius 3 is 2.33 bits per heavy atom. The number of hydrogen-bond donors (Lipinski definition) is 1. The quantitative estimate of drug-likeness (QED) is 0.616. The van der Waals surface area contributed by atoms with Crippen molar-refractivity contribution in [3.8, 4) is 12.8 Å². The minimum Gasteiger partial charge on any atom is -0.358 e. The summed E-state index contributed by atoms with van der Waals surface area (Å²) in [5, 5.41) is 2.57. The highest BCUT2D eigenvalue weighted by molar-refractivity contribution is 5.77. The van der Waals surface area contributed by atoms with Crippen LogP contribution in [0.1, 0.15) is 13.3 Å². The molecule has 0 spiro atoms. The number of nitrogens with zero attached hydrogens (tertiary/aromatic N) is 1. The van der Waals surface area contributed by atoms with Gasteiger partial charge in [0.15, 0.2) is 0 Å². The van der Waals surface area contributed by atoms with Crippen LogP contribution in [0.4, 0.5) is 0 Å². The first-order valence-corrected chi connectivity index (χ1v) is 3.93. The molecule has 0 saturated heterocycles. The lowest BCUT2D eigenvalue weighted by atomic mass is 10.4. The van der Waals surface area contributed by atoms with Crippen LogP contribution in [0.25, 0.3) is 0 Å². The molecule has 0 radical (unpaired) electrons. The van der Waals surface area contributed by atoms with Crippen LogP contribution >= 0.6 is 0 Å². The highest BCUT2D eigenvalue weighted by Crippen LogP contribution is 1.84. The molecule has 0 aromatic carbocycles. The van der Waals surface area contributed by atoms with Crippen molar-refractivity contribution in [3.05, 3.63) is 0 Å². The molecular formula is C9H18N2O. The minimum atomic E-state index is 0.0796. The molecule has 0 aromatic rings. The first kappa shape index (κ1) is 13.6. The molecule has 0 atom stereocenters. The van der Waals surface area contributed by atoms with Crippen LogP contribution < -0.4 is 5.32 Å². The average Bonchev–Trinajstić information content (AvgIpc) is 2.08. The Morgan fingerprint density at radius 1 is 1.50 bits per heavy atom. The maximum atomic E-state index is 10.7. The summed E-state index contributed by atoms with van der Waals surface area (Å²) in [5.41, 5.74) is 0. The van der Waals surface area contributed by atoms with E-state index in [1.54, 1.807) is 7.05 Å². The molecule has 0 aliphatic rings. The van der Waals surface area contributed by atoms with E-state index in [9.17, 15) is 4.79 Å². The minimum absolute atomic E-state index is 0.0796. The second-order valence-corrected chi connectivity index (χ2v) is 2.41. The summed E-state index contributed by atoms with van der Waals surface area (Å²) in [6.45, 7) is 3.58. The molecule has 1 amide bonds. The summed E-state index contributed by atoms with van der Waals surface area (Å²) < 4.78 is 0. The van der Waals surface area contributed by atoms with Crippen LogP contribution in [0.5, 0.6) is 0 Å². The van der Waals surface area contributed by atoms with Crippen molar-refractivity contribution < 1.29 is 4.79 Å². The Labute approximate surface area is 75.1 Å². The topological polar surface area (TPSA) is 32.3 Å². The zero-order valence-corrected chi connectivity index (χ0v) is 8.13. The normalized spacial score (nSPS) is 8.50. The van der Waals surface area contributed by atoms with Gasteiger partial charge in [-0.15, -0.1) is 12.8 Å². The molecule has 0 aromatic heterocycles. The van der Waals surface area contributed by atoms with Gasteiger partial charge in [-0.1, -0.05) is 6.92 Å². The fraction of sp³-hybridized carbons (Fsp3) is 0.667. The molecule has 3 nitrogen and oxygen atoms in total. The van der Waals surface area contributed by atoms with E-state index in [1.165, 1.54) is 0 Å². The number of carbonyl (C=O) groups excluding carboxylic acids is 1. The number of rotatable bonds is 4. The van der Waals surface area contributed by atoms with Crippen molar-refractivity contribution in [2.45, 2.75) is 13.3 Å². The van der Waals surface area contributed by atoms with Crippen LogP contribution in [0.3, 0.4) is 0 Å². The van der Waals surface area contributed by atoms with E-state index in [4.69, 9.17) is 0 Å². The molecular weight excluding hydrogens is 152 g/mol. The Hall–Kier alpha value is -1.01. The highest BCUT2D eigenvalue weighted by Gasteiger charge is 2.01. The van der Waals surface area contributed by atoms with Crippen molar-refractivity contribution >= 4 is 5.91 Å². The maximum Gasteiger partial charge on any atom is 0.233 e. The first-order chi connectivity index (χ1) is 5.70. The molecule has 3 heteroatoms. The van der Waals surface area contributed by atoms with Gasteiger partial charge >= 0.3 is 0 Å². The summed E-state index contributed by atoms with van der Waals surface area (Å²) in [7, 11) is 3.60. The SMILES string of the molecule is C#C.CCCN(C)CC(=O)NC. The molecule has 0 bridgehead atoms. The summed E-state index contributed by atoms with van der Waals surface area (Å²) in [6, 6.07) is 0. The van der Waals surface area contributed by atoms with Crippen molar-refractivity contribution in [1.82, 2.24) is 10.2 Å². The molecule has 1 N–H and O–H groups in total. The molecule has 0 unspecified atom stereocenters. The van der Waals surface area contributed by atoms with Gasteiger partial charge in [0, 0.05) is 7.05 Å². The Bertz CT molecular complexity index is 132. The number of likely N-dealkylation sites (N-methyl/N-ethyl adjacent to an activating group) is 2. The molecule has 0 aliphatic heterocycles. The largest absolute Gasteiger partial charge is 0.358 e. The van der Waals surface area contributed by atoms with Gasteiger partial charge in [0.05, 0.1) is 6.54 Å². The number of terminal acetylenes is 1. The lowest BCUT2D eigenvalue weighted by Crippen LogP contribution is -2.33. The lowest BCUT2D eigenvalue weighted by molar-refractivity contribution is -0.121. The number of carbonyl (C=O) groups is 1. The summed E-state index contributed by atoms with van der Waals surface area (Å²) in [4.78, 5) is 12.7. The van der Waals surface area contributed by atoms with Crippen LogP contribution in [0.15, 0.2) is 0 Å². The lowest BCUT2D eigenvalue weighted by Gasteiger charge is -2.13. The number of nitrogens with one attached hydrogen (secondary N) is 1. The predicted octanol–water partition coefficient (Wildman–Crippen LogP) is 0.324. The van der Waals surface area contributed by atoms with Crippen molar-refractivity contribution in [2.75, 3.05) is 27.2 Å². The van der Waals surface area contributed by atoms with Crippen LogP contribution in [-0.4, -0.2) is 38.0 Å². The van der Waals surface area contributed by atoms with E-state index in [2.05, 4.69) is 25.1 Å². The van der Waals surface area contributed by atoms with E-state index in [-0.39, 0.29) is 5.91 Å². The highest BCUT2D eigenvalue weighted by atomic mass is 16.1. The third kappa shape index (κ3) is 8.99. The van der Waals surface area contributed by atoms with Gasteiger partial charge in [-0.05, 0) is 20.0 Å². The van der Waals surface area contributed by atoms with Crippen LogP contribution in [0, 0.1) is 12.8 Å². The summed E-state index contributed by atoms with van der Waals surface area (Å²) in [5.74, 6) is 0.0796. The molecule has 0 aliphatic carbocycles. The molecule has 12 heavy (non-hydrogen) atoms. The molecule has 0 saturated carbocycles. The predicted molar refractivity (Wildman–Crippen MR) is 51.7 cm³/mol. The fourth-order valence-corrected chi connectivity index (χ4v) is 0.785. The fourth-order valence-electron chi connectivity index (χ4n) is 0.785. The van der Waals surface area contributed by atoms with E-state index in [0.717, 1.165) is 13.0 Å². The van der Waals surface area contributed by atoms with E-state index < -0.39 is 0 Å². The summed E-state index contributed by atoms with van der Waals surface area (Å²) >= 11 is 0. The van der Waals surface area contributed by atoms with Crippen LogP contribution in [-0.2, 0) is 4.79 Å². The Morgan fingerprint density at radius 2 is 2.00 bits per heavy atom. The zero-order chi connectivity index (χ0) is 9.98. The number of amides is 1. The van der Waals surface area contributed by atoms with E-state index in [0.29, 0.717) is 6.54 Å². The third-order valence-electron chi connectivity index (χ3n) is 1.30. The Kier molecular flexibility index (Phi) is 11.3. The van der Waals surface area contributed by atoms with Gasteiger partial charge in [0.2, 0.25) is 5.91 Å². The zero-order valence-electron chi connectivity index (χ0n) is 8.13. The van der Waals surface area contributed by atoms with E-state index >= 15 is 0 Å². The monoisotopic (exact) mass is 170 g/mol. The smallest absolute Gasteiger partial charge is 0.233 e. The van der Waals surface area contributed by atoms with E-state index in [1.807, 2.05) is 11.9 Å². The Balaban J connectivity index is 0. The molecule has 0 rings (SSSR count). The van der Waals surface area contributed by atoms with Crippen LogP contribution in [0.2, 0.25) is 0 Å². The second-order valence-electron chi connectivity index (χ2n) is 2.41. The molecule has 70 valence electrons. The average molecular weight is 170 g/mol. The van der Waals surface area contributed by atoms with Gasteiger partial charge in [-0.3, -0.25) is 9.69 Å². The first-order valence-electron chi connectivity index (χ1n) is 3.93. The standard InChI is InChI=1S/C7H16N2O.C2H2/c1-4-5-9(3)6-7(10)8-2;1-2/h4-6H2,1-3H3,(H,8,10);1-2H. The molecule has 0 fully saturated rings. The van der Waals surface area contributed by atoms with Gasteiger partial charge in [0.1, 0.15) is 0 Å². The second kappa shape index (κ2) is 9.99. The van der Waals surface area contributed by atoms with Crippen molar-refractivity contribution in [2.24, 2.45) is 0 Å². The maximum absolute atomic E-state index is 10.7.